The van der Waals surface area contributed by atoms with Crippen molar-refractivity contribution >= 4 is 27.4 Å². The van der Waals surface area contributed by atoms with Crippen molar-refractivity contribution in [2.24, 2.45) is 0 Å². The second-order valence-corrected chi connectivity index (χ2v) is 10.6. The first kappa shape index (κ1) is 23.1. The molecule has 0 saturated carbocycles. The van der Waals surface area contributed by atoms with Gasteiger partial charge in [0.15, 0.2) is 0 Å². The highest BCUT2D eigenvalue weighted by atomic mass is 32.2. The van der Waals surface area contributed by atoms with Crippen LogP contribution in [-0.2, 0) is 14.8 Å². The molecular weight excluding hydrogens is 455 g/mol. The number of rotatable bonds is 6. The Kier molecular flexibility index (Phi) is 7.41. The molecule has 2 aliphatic rings. The summed E-state index contributed by atoms with van der Waals surface area (Å²) in [4.78, 5) is 17.6. The minimum Gasteiger partial charge on any atom is -0.379 e. The Labute approximate surface area is 191 Å². The summed E-state index contributed by atoms with van der Waals surface area (Å²) in [7, 11) is -3.93. The molecule has 1 atom stereocenters. The van der Waals surface area contributed by atoms with E-state index in [2.05, 4.69) is 16.3 Å². The molecule has 11 heteroatoms. The maximum absolute atomic E-state index is 14.0. The summed E-state index contributed by atoms with van der Waals surface area (Å²) in [5, 5.41) is 5.04. The van der Waals surface area contributed by atoms with Gasteiger partial charge in [-0.3, -0.25) is 4.90 Å². The first-order valence-corrected chi connectivity index (χ1v) is 12.9. The Balaban J connectivity index is 1.33. The van der Waals surface area contributed by atoms with Crippen LogP contribution >= 0.6 is 11.3 Å². The maximum atomic E-state index is 14.0. The molecule has 0 radical (unpaired) electrons. The number of thiophene rings is 1. The summed E-state index contributed by atoms with van der Waals surface area (Å²) in [5.74, 6) is -0.768. The van der Waals surface area contributed by atoms with E-state index in [1.54, 1.807) is 16.2 Å². The van der Waals surface area contributed by atoms with Crippen LogP contribution in [0.15, 0.2) is 46.7 Å². The van der Waals surface area contributed by atoms with E-state index in [-0.39, 0.29) is 43.1 Å². The van der Waals surface area contributed by atoms with Crippen molar-refractivity contribution in [1.29, 1.82) is 0 Å². The van der Waals surface area contributed by atoms with Crippen LogP contribution in [0.2, 0.25) is 0 Å². The van der Waals surface area contributed by atoms with Crippen molar-refractivity contribution in [3.63, 3.8) is 0 Å². The average molecular weight is 483 g/mol. The molecule has 2 aliphatic heterocycles. The van der Waals surface area contributed by atoms with E-state index < -0.39 is 15.8 Å². The number of ether oxygens (including phenoxy) is 1. The molecule has 4 rings (SSSR count). The third kappa shape index (κ3) is 5.12. The summed E-state index contributed by atoms with van der Waals surface area (Å²) in [6, 6.07) is 9.28. The van der Waals surface area contributed by atoms with Gasteiger partial charge in [-0.2, -0.15) is 4.31 Å². The number of benzene rings is 1. The van der Waals surface area contributed by atoms with Gasteiger partial charge in [0, 0.05) is 50.7 Å². The van der Waals surface area contributed by atoms with E-state index in [9.17, 15) is 17.6 Å². The minimum atomic E-state index is -3.93. The zero-order valence-electron chi connectivity index (χ0n) is 17.7. The second kappa shape index (κ2) is 10.3. The molecule has 1 aromatic heterocycles. The maximum Gasteiger partial charge on any atom is 0.317 e. The number of carbonyl (C=O) groups excluding carboxylic acids is 1. The number of nitrogens with one attached hydrogen (secondary N) is 1. The van der Waals surface area contributed by atoms with Gasteiger partial charge in [0.25, 0.3) is 0 Å². The van der Waals surface area contributed by atoms with Crippen molar-refractivity contribution in [3.8, 4) is 0 Å². The molecule has 0 spiro atoms. The molecule has 1 N–H and O–H groups in total. The zero-order valence-corrected chi connectivity index (χ0v) is 19.3. The van der Waals surface area contributed by atoms with Crippen molar-refractivity contribution in [2.45, 2.75) is 10.9 Å². The number of hydrogen-bond acceptors (Lipinski definition) is 6. The van der Waals surface area contributed by atoms with Crippen molar-refractivity contribution in [2.75, 3.05) is 59.0 Å². The molecule has 174 valence electrons. The van der Waals surface area contributed by atoms with Crippen LogP contribution in [0, 0.1) is 5.82 Å². The Bertz CT molecular complexity index is 1000. The first-order chi connectivity index (χ1) is 15.5. The van der Waals surface area contributed by atoms with Crippen LogP contribution in [0.5, 0.6) is 0 Å². The highest BCUT2D eigenvalue weighted by Crippen LogP contribution is 2.25. The smallest absolute Gasteiger partial charge is 0.317 e. The van der Waals surface area contributed by atoms with Crippen molar-refractivity contribution in [3.05, 3.63) is 52.5 Å². The Morgan fingerprint density at radius 1 is 1.06 bits per heavy atom. The van der Waals surface area contributed by atoms with E-state index in [1.165, 1.54) is 27.4 Å². The number of carbonyl (C=O) groups is 1. The second-order valence-electron chi connectivity index (χ2n) is 7.69. The average Bonchev–Trinajstić information content (AvgIpc) is 3.35. The predicted octanol–water partition coefficient (Wildman–Crippen LogP) is 1.98. The lowest BCUT2D eigenvalue weighted by atomic mass is 10.2. The molecule has 2 fully saturated rings. The fraction of sp³-hybridized carbons (Fsp3) is 0.476. The summed E-state index contributed by atoms with van der Waals surface area (Å²) in [6.45, 7) is 4.19. The molecule has 0 bridgehead atoms. The molecule has 2 saturated heterocycles. The van der Waals surface area contributed by atoms with Crippen LogP contribution < -0.4 is 5.32 Å². The van der Waals surface area contributed by atoms with Crippen LogP contribution in [0.25, 0.3) is 0 Å². The van der Waals surface area contributed by atoms with Gasteiger partial charge in [-0.1, -0.05) is 18.2 Å². The van der Waals surface area contributed by atoms with Crippen LogP contribution in [0.3, 0.4) is 0 Å². The molecule has 2 aromatic rings. The molecule has 1 unspecified atom stereocenters. The van der Waals surface area contributed by atoms with Gasteiger partial charge >= 0.3 is 6.03 Å². The van der Waals surface area contributed by atoms with Crippen LogP contribution in [-0.4, -0.2) is 87.6 Å². The van der Waals surface area contributed by atoms with E-state index in [0.717, 1.165) is 19.2 Å². The van der Waals surface area contributed by atoms with Gasteiger partial charge in [0.05, 0.1) is 19.3 Å². The quantitative estimate of drug-likeness (QED) is 0.681. The van der Waals surface area contributed by atoms with Crippen molar-refractivity contribution in [1.82, 2.24) is 19.4 Å². The van der Waals surface area contributed by atoms with Gasteiger partial charge in [-0.15, -0.1) is 11.3 Å². The monoisotopic (exact) mass is 482 g/mol. The van der Waals surface area contributed by atoms with Gasteiger partial charge in [-0.05, 0) is 23.6 Å². The highest BCUT2D eigenvalue weighted by molar-refractivity contribution is 7.89. The number of amides is 2. The summed E-state index contributed by atoms with van der Waals surface area (Å²) >= 11 is 1.66. The molecular formula is C21H27FN4O4S2. The summed E-state index contributed by atoms with van der Waals surface area (Å²) < 4.78 is 46.2. The molecule has 8 nitrogen and oxygen atoms in total. The third-order valence-electron chi connectivity index (χ3n) is 5.79. The molecule has 1 aromatic carbocycles. The Morgan fingerprint density at radius 2 is 1.78 bits per heavy atom. The van der Waals surface area contributed by atoms with E-state index >= 15 is 0 Å². The number of nitrogens with zero attached hydrogens (tertiary/aromatic N) is 3. The first-order valence-electron chi connectivity index (χ1n) is 10.6. The molecule has 0 aliphatic carbocycles. The zero-order chi connectivity index (χ0) is 22.6. The fourth-order valence-electron chi connectivity index (χ4n) is 4.00. The SMILES string of the molecule is O=C(NCC(c1cccs1)N1CCOCC1)N1CCN(S(=O)(=O)c2ccccc2F)CC1. The number of sulfonamides is 1. The van der Waals surface area contributed by atoms with Crippen LogP contribution in [0.4, 0.5) is 9.18 Å². The third-order valence-corrected chi connectivity index (χ3v) is 8.69. The van der Waals surface area contributed by atoms with E-state index in [4.69, 9.17) is 4.74 Å². The topological polar surface area (TPSA) is 82.2 Å². The lowest BCUT2D eigenvalue weighted by molar-refractivity contribution is 0.0171. The highest BCUT2D eigenvalue weighted by Gasteiger charge is 2.32. The number of piperazine rings is 1. The normalized spacial score (nSPS) is 19.6. The standard InChI is InChI=1S/C21H27FN4O4S2/c22-17-4-1-2-6-20(17)32(28,29)26-9-7-25(8-10-26)21(27)23-16-18(19-5-3-15-31-19)24-11-13-30-14-12-24/h1-6,15,18H,7-14,16H2,(H,23,27). The number of urea groups is 1. The molecule has 32 heavy (non-hydrogen) atoms. The lowest BCUT2D eigenvalue weighted by Crippen LogP contribution is -2.54. The van der Waals surface area contributed by atoms with Gasteiger partial charge in [0.1, 0.15) is 10.7 Å². The van der Waals surface area contributed by atoms with Gasteiger partial charge in [-0.25, -0.2) is 17.6 Å². The molecule has 3 heterocycles. The largest absolute Gasteiger partial charge is 0.379 e. The summed E-state index contributed by atoms with van der Waals surface area (Å²) in [6.07, 6.45) is 0. The van der Waals surface area contributed by atoms with E-state index in [0.29, 0.717) is 19.8 Å². The Morgan fingerprint density at radius 3 is 2.44 bits per heavy atom. The number of morpholine rings is 1. The van der Waals surface area contributed by atoms with Gasteiger partial charge in [0.2, 0.25) is 10.0 Å². The van der Waals surface area contributed by atoms with Crippen LogP contribution in [0.1, 0.15) is 10.9 Å². The Hall–Kier alpha value is -2.05. The summed E-state index contributed by atoms with van der Waals surface area (Å²) in [5.41, 5.74) is 0. The van der Waals surface area contributed by atoms with Gasteiger partial charge < -0.3 is 15.0 Å². The number of halogens is 1. The van der Waals surface area contributed by atoms with E-state index in [1.807, 2.05) is 11.4 Å². The predicted molar refractivity (Wildman–Crippen MR) is 120 cm³/mol. The fourth-order valence-corrected chi connectivity index (χ4v) is 6.35. The minimum absolute atomic E-state index is 0.0746. The number of hydrogen-bond donors (Lipinski definition) is 1. The lowest BCUT2D eigenvalue weighted by Gasteiger charge is -2.36. The van der Waals surface area contributed by atoms with Crippen molar-refractivity contribution < 1.29 is 22.3 Å². The molecule has 2 amide bonds.